The van der Waals surface area contributed by atoms with Gasteiger partial charge in [-0.1, -0.05) is 84.6 Å². The molecule has 0 aliphatic carbocycles. The van der Waals surface area contributed by atoms with Crippen molar-refractivity contribution in [2.45, 2.75) is 42.7 Å². The number of cyclic esters (lactones) is 1. The predicted octanol–water partition coefficient (Wildman–Crippen LogP) is 5.76. The number of ether oxygens (including phenoxy) is 5. The number of methoxy groups -OCH3 is 2. The van der Waals surface area contributed by atoms with Crippen LogP contribution in [0, 0.1) is 33.8 Å². The van der Waals surface area contributed by atoms with Crippen LogP contribution in [0.1, 0.15) is 58.0 Å². The number of non-ortho nitro benzene ring substituents is 1. The van der Waals surface area contributed by atoms with E-state index in [0.29, 0.717) is 28.0 Å². The molecule has 69 heavy (non-hydrogen) atoms. The summed E-state index contributed by atoms with van der Waals surface area (Å²) >= 11 is 0. The summed E-state index contributed by atoms with van der Waals surface area (Å²) < 4.78 is 27.3. The lowest BCUT2D eigenvalue weighted by Gasteiger charge is -2.46. The highest BCUT2D eigenvalue weighted by atomic mass is 16.6. The van der Waals surface area contributed by atoms with E-state index >= 15 is 4.79 Å². The fourth-order valence-corrected chi connectivity index (χ4v) is 9.58. The number of nitro benzene ring substituents is 1. The second-order valence-electron chi connectivity index (χ2n) is 16.2. The number of anilines is 1. The number of esters is 3. The van der Waals surface area contributed by atoms with Gasteiger partial charge in [0.1, 0.15) is 42.4 Å². The lowest BCUT2D eigenvalue weighted by atomic mass is 9.65. The number of carbonyl (C=O) groups excluding carboxylic acids is 5. The number of carboxylic acids is 1. The van der Waals surface area contributed by atoms with Crippen molar-refractivity contribution < 1.29 is 67.6 Å². The minimum atomic E-state index is -2.36. The zero-order valence-corrected chi connectivity index (χ0v) is 37.0. The molecule has 18 heteroatoms. The van der Waals surface area contributed by atoms with Crippen molar-refractivity contribution in [2.75, 3.05) is 32.3 Å². The molecule has 5 aromatic carbocycles. The van der Waals surface area contributed by atoms with Crippen LogP contribution in [-0.4, -0.2) is 89.4 Å². The maximum atomic E-state index is 16.1. The summed E-state index contributed by atoms with van der Waals surface area (Å²) in [5, 5.41) is 32.4. The fourth-order valence-electron chi connectivity index (χ4n) is 9.58. The van der Waals surface area contributed by atoms with Gasteiger partial charge in [0.15, 0.2) is 5.92 Å². The predicted molar refractivity (Wildman–Crippen MR) is 241 cm³/mol. The molecule has 8 rings (SSSR count). The van der Waals surface area contributed by atoms with Gasteiger partial charge in [-0.3, -0.25) is 39.0 Å². The zero-order valence-electron chi connectivity index (χ0n) is 37.0. The highest BCUT2D eigenvalue weighted by Crippen LogP contribution is 2.66. The molecule has 0 saturated carbocycles. The number of aliphatic hydroxyl groups excluding tert-OH is 1. The van der Waals surface area contributed by atoms with Crippen LogP contribution in [0.5, 0.6) is 5.75 Å². The van der Waals surface area contributed by atoms with Crippen LogP contribution in [0.4, 0.5) is 16.2 Å². The highest BCUT2D eigenvalue weighted by molar-refractivity contribution is 6.23. The topological polar surface area (TPSA) is 239 Å². The molecule has 2 N–H and O–H groups in total. The number of hydrogen-bond donors (Lipinski definition) is 2. The van der Waals surface area contributed by atoms with Crippen molar-refractivity contribution in [2.24, 2.45) is 11.8 Å². The molecule has 352 valence electrons. The van der Waals surface area contributed by atoms with E-state index in [2.05, 4.69) is 11.8 Å². The maximum absolute atomic E-state index is 16.1. The number of benzene rings is 5. The molecular formula is C51H43N3O15. The number of morpholine rings is 1. The Kier molecular flexibility index (Phi) is 13.5. The van der Waals surface area contributed by atoms with E-state index in [1.807, 2.05) is 0 Å². The number of aliphatic carboxylic acids is 1. The summed E-state index contributed by atoms with van der Waals surface area (Å²) in [5.41, 5.74) is -0.673. The molecular weight excluding hydrogens is 895 g/mol. The lowest BCUT2D eigenvalue weighted by molar-refractivity contribution is -0.384. The number of nitro groups is 1. The molecule has 0 bridgehead atoms. The van der Waals surface area contributed by atoms with Crippen molar-refractivity contribution in [3.63, 3.8) is 0 Å². The first-order chi connectivity index (χ1) is 33.3. The summed E-state index contributed by atoms with van der Waals surface area (Å²) in [6.45, 7) is -0.788. The van der Waals surface area contributed by atoms with Gasteiger partial charge in [0.2, 0.25) is 5.91 Å². The average Bonchev–Trinajstić information content (AvgIpc) is 3.83. The largest absolute Gasteiger partial charge is 0.491 e. The van der Waals surface area contributed by atoms with Crippen LogP contribution in [0.15, 0.2) is 127 Å². The number of carboxylic acid groups (broad SMARTS) is 1. The average molecular weight is 938 g/mol. The molecule has 2 amide bonds. The summed E-state index contributed by atoms with van der Waals surface area (Å²) in [6, 6.07) is 29.7. The van der Waals surface area contributed by atoms with Gasteiger partial charge in [0.25, 0.3) is 5.69 Å². The third kappa shape index (κ3) is 8.60. The first-order valence-corrected chi connectivity index (χ1v) is 21.5. The standard InChI is InChI=1S/C51H43N3O15/c1-65-46(58)37(47(59)66-2)15-9-10-30-18-25-39-38(28-30)51(49(61)52(39)50(62)68-29-31-16-21-35(22-17-31)54(63)64)40(45(56)57)42-48(60)69-43(33-13-7-4-8-14-33)41(32-11-5-3-6-12-32)53(42)44(51)34-19-23-36(24-20-34)67-27-26-55/h3-8,11-14,16-25,28,37,40-44,55H,15,26-27,29H2,1-2H3,(H,56,57)/t40-,41-,42-,43+,44+,51-/m0/s1. The minimum absolute atomic E-state index is 0.0210. The Labute approximate surface area is 394 Å². The molecule has 0 radical (unpaired) electrons. The molecule has 3 aliphatic heterocycles. The fraction of sp³-hybridized carbons (Fsp3) is 0.255. The maximum Gasteiger partial charge on any atom is 0.421 e. The lowest BCUT2D eigenvalue weighted by Crippen LogP contribution is -2.53. The van der Waals surface area contributed by atoms with Crippen LogP contribution in [0.2, 0.25) is 0 Å². The van der Waals surface area contributed by atoms with Gasteiger partial charge >= 0.3 is 30.0 Å². The van der Waals surface area contributed by atoms with Crippen LogP contribution >= 0.6 is 0 Å². The number of amides is 2. The minimum Gasteiger partial charge on any atom is -0.491 e. The van der Waals surface area contributed by atoms with E-state index in [9.17, 15) is 44.3 Å². The van der Waals surface area contributed by atoms with Crippen molar-refractivity contribution in [3.8, 4) is 17.6 Å². The molecule has 18 nitrogen and oxygen atoms in total. The Morgan fingerprint density at radius 3 is 2.06 bits per heavy atom. The van der Waals surface area contributed by atoms with Crippen LogP contribution in [0.3, 0.4) is 0 Å². The van der Waals surface area contributed by atoms with Gasteiger partial charge in [-0.2, -0.15) is 0 Å². The number of hydrogen-bond acceptors (Lipinski definition) is 15. The van der Waals surface area contributed by atoms with Crippen molar-refractivity contribution >= 4 is 47.3 Å². The third-order valence-corrected chi connectivity index (χ3v) is 12.5. The van der Waals surface area contributed by atoms with E-state index in [4.69, 9.17) is 23.7 Å². The van der Waals surface area contributed by atoms with Gasteiger partial charge in [-0.25, -0.2) is 9.69 Å². The Morgan fingerprint density at radius 1 is 0.826 bits per heavy atom. The molecule has 6 atom stereocenters. The van der Waals surface area contributed by atoms with E-state index in [1.165, 1.54) is 42.5 Å². The van der Waals surface area contributed by atoms with Crippen molar-refractivity contribution in [1.29, 1.82) is 0 Å². The van der Waals surface area contributed by atoms with E-state index in [1.54, 1.807) is 89.8 Å². The van der Waals surface area contributed by atoms with Gasteiger partial charge in [0, 0.05) is 24.1 Å². The summed E-state index contributed by atoms with van der Waals surface area (Å²) in [5.74, 6) is -2.73. The quantitative estimate of drug-likeness (QED) is 0.0356. The monoisotopic (exact) mass is 937 g/mol. The molecule has 0 aromatic heterocycles. The molecule has 3 heterocycles. The molecule has 2 fully saturated rings. The summed E-state index contributed by atoms with van der Waals surface area (Å²) in [6.07, 6.45) is -2.63. The van der Waals surface area contributed by atoms with Crippen LogP contribution in [-0.2, 0) is 54.9 Å². The Hall–Kier alpha value is -8.40. The van der Waals surface area contributed by atoms with Gasteiger partial charge in [0.05, 0.1) is 43.5 Å². The van der Waals surface area contributed by atoms with Crippen LogP contribution in [0.25, 0.3) is 0 Å². The first-order valence-electron chi connectivity index (χ1n) is 21.5. The second kappa shape index (κ2) is 19.8. The van der Waals surface area contributed by atoms with Gasteiger partial charge in [-0.05, 0) is 70.3 Å². The summed E-state index contributed by atoms with van der Waals surface area (Å²) in [7, 11) is 2.21. The van der Waals surface area contributed by atoms with Gasteiger partial charge < -0.3 is 33.9 Å². The SMILES string of the molecule is COC(=O)C(CC#Cc1ccc2c(c1)[C@]1(C(=O)N2C(=O)OCc2ccc([N+](=O)[O-])cc2)[C@H](C(=O)O)[C@H]2C(=O)O[C@H](c3ccccc3)[C@H](c3ccccc3)N2[C@@H]1c1ccc(OCCO)cc1)C(=O)OC. The van der Waals surface area contributed by atoms with Crippen molar-refractivity contribution in [3.05, 3.63) is 171 Å². The normalized spacial score (nSPS) is 21.3. The number of carbonyl (C=O) groups is 6. The van der Waals surface area contributed by atoms with Crippen LogP contribution < -0.4 is 9.64 Å². The van der Waals surface area contributed by atoms with E-state index < -0.39 is 88.9 Å². The summed E-state index contributed by atoms with van der Waals surface area (Å²) in [4.78, 5) is 98.0. The smallest absolute Gasteiger partial charge is 0.421 e. The molecule has 0 unspecified atom stereocenters. The molecule has 1 spiro atoms. The van der Waals surface area contributed by atoms with E-state index in [-0.39, 0.29) is 42.1 Å². The Balaban J connectivity index is 1.37. The zero-order chi connectivity index (χ0) is 49.0. The van der Waals surface area contributed by atoms with Gasteiger partial charge in [-0.15, -0.1) is 0 Å². The Bertz CT molecular complexity index is 2850. The number of aliphatic hydroxyl groups is 1. The molecule has 3 aliphatic rings. The Morgan fingerprint density at radius 2 is 1.46 bits per heavy atom. The highest BCUT2D eigenvalue weighted by Gasteiger charge is 2.76. The third-order valence-electron chi connectivity index (χ3n) is 12.5. The number of fused-ring (bicyclic) bond motifs is 3. The number of nitrogens with zero attached hydrogens (tertiary/aromatic N) is 3. The van der Waals surface area contributed by atoms with Crippen molar-refractivity contribution in [1.82, 2.24) is 4.90 Å². The van der Waals surface area contributed by atoms with E-state index in [0.717, 1.165) is 19.1 Å². The first kappa shape index (κ1) is 47.1. The molecule has 2 saturated heterocycles. The number of imide groups is 1. The molecule has 5 aromatic rings. The second-order valence-corrected chi connectivity index (χ2v) is 16.2. The number of rotatable bonds is 13.